The minimum atomic E-state index is -0.0884. The quantitative estimate of drug-likeness (QED) is 0.800. The van der Waals surface area contributed by atoms with Crippen molar-refractivity contribution in [2.75, 3.05) is 0 Å². The van der Waals surface area contributed by atoms with E-state index >= 15 is 0 Å². The summed E-state index contributed by atoms with van der Waals surface area (Å²) in [5.41, 5.74) is 3.43. The molecule has 0 aliphatic carbocycles. The molecule has 0 fully saturated rings. The van der Waals surface area contributed by atoms with Crippen LogP contribution >= 0.6 is 0 Å². The largest absolute Gasteiger partial charge is 0.346 e. The molecule has 0 saturated carbocycles. The third kappa shape index (κ3) is 2.79. The Hall–Kier alpha value is -2.62. The number of hydrogen-bond acceptors (Lipinski definition) is 2. The molecule has 0 aliphatic rings. The van der Waals surface area contributed by atoms with Crippen molar-refractivity contribution in [3.63, 3.8) is 0 Å². The van der Waals surface area contributed by atoms with Crippen molar-refractivity contribution >= 4 is 11.6 Å². The summed E-state index contributed by atoms with van der Waals surface area (Å²) in [6.45, 7) is 3.91. The van der Waals surface area contributed by atoms with Gasteiger partial charge in [-0.2, -0.15) is 0 Å². The molecule has 2 heterocycles. The number of rotatable bonds is 3. The lowest BCUT2D eigenvalue weighted by atomic mass is 10.1. The fourth-order valence-corrected chi connectivity index (χ4v) is 2.35. The molecule has 1 atom stereocenters. The van der Waals surface area contributed by atoms with Gasteiger partial charge in [0, 0.05) is 18.0 Å². The molecule has 0 bridgehead atoms. The zero-order chi connectivity index (χ0) is 14.8. The highest BCUT2D eigenvalue weighted by Crippen LogP contribution is 2.13. The van der Waals surface area contributed by atoms with E-state index in [-0.39, 0.29) is 11.9 Å². The molecule has 3 rings (SSSR count). The van der Waals surface area contributed by atoms with Gasteiger partial charge in [-0.3, -0.25) is 4.79 Å². The monoisotopic (exact) mass is 279 g/mol. The van der Waals surface area contributed by atoms with Gasteiger partial charge in [0.25, 0.3) is 5.91 Å². The molecule has 1 amide bonds. The lowest BCUT2D eigenvalue weighted by Crippen LogP contribution is -2.26. The predicted octanol–water partition coefficient (Wildman–Crippen LogP) is 3.13. The summed E-state index contributed by atoms with van der Waals surface area (Å²) in [4.78, 5) is 16.7. The predicted molar refractivity (Wildman–Crippen MR) is 82.3 cm³/mol. The molecule has 0 radical (unpaired) electrons. The van der Waals surface area contributed by atoms with Gasteiger partial charge in [0.1, 0.15) is 5.65 Å². The fraction of sp³-hybridized carbons (Fsp3) is 0.176. The Morgan fingerprint density at radius 1 is 1.24 bits per heavy atom. The van der Waals surface area contributed by atoms with Gasteiger partial charge in [0.15, 0.2) is 0 Å². The molecule has 0 spiro atoms. The van der Waals surface area contributed by atoms with Crippen LogP contribution in [0.4, 0.5) is 0 Å². The molecule has 106 valence electrons. The molecule has 0 aliphatic heterocycles. The zero-order valence-electron chi connectivity index (χ0n) is 12.1. The van der Waals surface area contributed by atoms with Crippen molar-refractivity contribution < 1.29 is 4.79 Å². The number of fused-ring (bicyclic) bond motifs is 1. The van der Waals surface area contributed by atoms with E-state index in [1.54, 1.807) is 12.1 Å². The summed E-state index contributed by atoms with van der Waals surface area (Å²) in [5.74, 6) is -0.0884. The van der Waals surface area contributed by atoms with Crippen LogP contribution in [0.15, 0.2) is 54.9 Å². The first-order valence-electron chi connectivity index (χ1n) is 6.94. The Balaban J connectivity index is 1.80. The van der Waals surface area contributed by atoms with Crippen LogP contribution in [0.2, 0.25) is 0 Å². The SMILES string of the molecule is Cc1cn2ccc(C(=O)NC(C)c3ccccc3)cc2n1. The zero-order valence-corrected chi connectivity index (χ0v) is 12.1. The number of nitrogens with one attached hydrogen (secondary N) is 1. The van der Waals surface area contributed by atoms with Gasteiger partial charge in [0.05, 0.1) is 11.7 Å². The standard InChI is InChI=1S/C17H17N3O/c1-12-11-20-9-8-15(10-16(20)18-12)17(21)19-13(2)14-6-4-3-5-7-14/h3-11,13H,1-2H3,(H,19,21). The van der Waals surface area contributed by atoms with Crippen LogP contribution in [-0.2, 0) is 0 Å². The minimum absolute atomic E-state index is 0.0311. The molecular weight excluding hydrogens is 262 g/mol. The molecule has 3 aromatic rings. The number of aromatic nitrogens is 2. The highest BCUT2D eigenvalue weighted by Gasteiger charge is 2.12. The second kappa shape index (κ2) is 5.40. The molecule has 2 aromatic heterocycles. The van der Waals surface area contributed by atoms with E-state index in [2.05, 4.69) is 10.3 Å². The van der Waals surface area contributed by atoms with E-state index in [0.29, 0.717) is 5.56 Å². The highest BCUT2D eigenvalue weighted by atomic mass is 16.1. The van der Waals surface area contributed by atoms with Gasteiger partial charge in [-0.25, -0.2) is 4.98 Å². The molecule has 1 N–H and O–H groups in total. The number of pyridine rings is 1. The molecule has 0 saturated heterocycles. The summed E-state index contributed by atoms with van der Waals surface area (Å²) in [7, 11) is 0. The Morgan fingerprint density at radius 2 is 2.00 bits per heavy atom. The van der Waals surface area contributed by atoms with Crippen LogP contribution in [0.25, 0.3) is 5.65 Å². The number of amides is 1. The Kier molecular flexibility index (Phi) is 3.44. The summed E-state index contributed by atoms with van der Waals surface area (Å²) < 4.78 is 1.91. The number of benzene rings is 1. The number of nitrogens with zero attached hydrogens (tertiary/aromatic N) is 2. The first kappa shape index (κ1) is 13.4. The maximum absolute atomic E-state index is 12.3. The Bertz CT molecular complexity index is 777. The van der Waals surface area contributed by atoms with E-state index in [0.717, 1.165) is 16.9 Å². The number of carbonyl (C=O) groups is 1. The highest BCUT2D eigenvalue weighted by molar-refractivity contribution is 5.95. The van der Waals surface area contributed by atoms with Crippen molar-refractivity contribution in [3.8, 4) is 0 Å². The van der Waals surface area contributed by atoms with Crippen molar-refractivity contribution in [1.82, 2.24) is 14.7 Å². The van der Waals surface area contributed by atoms with Crippen LogP contribution in [0.1, 0.15) is 34.6 Å². The number of carbonyl (C=O) groups excluding carboxylic acids is 1. The third-order valence-electron chi connectivity index (χ3n) is 3.49. The Labute approximate surface area is 123 Å². The van der Waals surface area contributed by atoms with Crippen LogP contribution in [0, 0.1) is 6.92 Å². The second-order valence-corrected chi connectivity index (χ2v) is 5.17. The summed E-state index contributed by atoms with van der Waals surface area (Å²) in [6.07, 6.45) is 3.79. The Morgan fingerprint density at radius 3 is 2.76 bits per heavy atom. The van der Waals surface area contributed by atoms with Crippen LogP contribution in [-0.4, -0.2) is 15.3 Å². The maximum Gasteiger partial charge on any atom is 0.251 e. The number of imidazole rings is 1. The average Bonchev–Trinajstić information content (AvgIpc) is 2.87. The van der Waals surface area contributed by atoms with Crippen LogP contribution in [0.3, 0.4) is 0 Å². The fourth-order valence-electron chi connectivity index (χ4n) is 2.35. The minimum Gasteiger partial charge on any atom is -0.346 e. The van der Waals surface area contributed by atoms with Gasteiger partial charge in [-0.15, -0.1) is 0 Å². The smallest absolute Gasteiger partial charge is 0.251 e. The van der Waals surface area contributed by atoms with Crippen molar-refractivity contribution in [3.05, 3.63) is 71.7 Å². The van der Waals surface area contributed by atoms with Gasteiger partial charge in [0.2, 0.25) is 0 Å². The molecule has 21 heavy (non-hydrogen) atoms. The summed E-state index contributed by atoms with van der Waals surface area (Å²) in [5, 5.41) is 3.01. The average molecular weight is 279 g/mol. The van der Waals surface area contributed by atoms with Gasteiger partial charge >= 0.3 is 0 Å². The number of aryl methyl sites for hydroxylation is 1. The van der Waals surface area contributed by atoms with E-state index in [1.807, 2.05) is 61.0 Å². The molecule has 4 nitrogen and oxygen atoms in total. The summed E-state index contributed by atoms with van der Waals surface area (Å²) in [6, 6.07) is 13.5. The van der Waals surface area contributed by atoms with E-state index < -0.39 is 0 Å². The maximum atomic E-state index is 12.3. The molecule has 1 unspecified atom stereocenters. The van der Waals surface area contributed by atoms with E-state index in [1.165, 1.54) is 0 Å². The topological polar surface area (TPSA) is 46.4 Å². The second-order valence-electron chi connectivity index (χ2n) is 5.17. The van der Waals surface area contributed by atoms with E-state index in [9.17, 15) is 4.79 Å². The van der Waals surface area contributed by atoms with Gasteiger partial charge in [-0.1, -0.05) is 30.3 Å². The van der Waals surface area contributed by atoms with Crippen molar-refractivity contribution in [1.29, 1.82) is 0 Å². The lowest BCUT2D eigenvalue weighted by molar-refractivity contribution is 0.0940. The van der Waals surface area contributed by atoms with Crippen molar-refractivity contribution in [2.24, 2.45) is 0 Å². The lowest BCUT2D eigenvalue weighted by Gasteiger charge is -2.14. The van der Waals surface area contributed by atoms with Crippen LogP contribution < -0.4 is 5.32 Å². The van der Waals surface area contributed by atoms with Gasteiger partial charge < -0.3 is 9.72 Å². The number of hydrogen-bond donors (Lipinski definition) is 1. The summed E-state index contributed by atoms with van der Waals surface area (Å²) >= 11 is 0. The molecule has 4 heteroatoms. The van der Waals surface area contributed by atoms with Crippen molar-refractivity contribution in [2.45, 2.75) is 19.9 Å². The van der Waals surface area contributed by atoms with E-state index in [4.69, 9.17) is 0 Å². The van der Waals surface area contributed by atoms with Gasteiger partial charge in [-0.05, 0) is 31.5 Å². The molecular formula is C17H17N3O. The normalized spacial score (nSPS) is 12.3. The first-order valence-corrected chi connectivity index (χ1v) is 6.94. The molecule has 1 aromatic carbocycles. The van der Waals surface area contributed by atoms with Crippen LogP contribution in [0.5, 0.6) is 0 Å². The first-order chi connectivity index (χ1) is 10.1. The third-order valence-corrected chi connectivity index (χ3v) is 3.49.